The molecular weight excluding hydrogens is 250 g/mol. The summed E-state index contributed by atoms with van der Waals surface area (Å²) in [5, 5.41) is 10.4. The van der Waals surface area contributed by atoms with Gasteiger partial charge in [0, 0.05) is 19.6 Å². The number of aliphatic hydroxyl groups excluding tert-OH is 1. The molecular formula is C13H25NO3S. The minimum absolute atomic E-state index is 0.00474. The standard InChI is InChI=1S/C13H25NO3S/c1-13(2)5-3-4-11(12(13)15)10-14-6-8-18(16,17)9-7-14/h11-12,15H,3-10H2,1-2H3. The predicted molar refractivity (Wildman–Crippen MR) is 72.2 cm³/mol. The molecule has 1 aliphatic heterocycles. The van der Waals surface area contributed by atoms with E-state index in [1.807, 2.05) is 0 Å². The van der Waals surface area contributed by atoms with Crippen molar-refractivity contribution in [3.05, 3.63) is 0 Å². The van der Waals surface area contributed by atoms with E-state index < -0.39 is 9.84 Å². The molecule has 0 amide bonds. The van der Waals surface area contributed by atoms with E-state index in [1.165, 1.54) is 6.42 Å². The average molecular weight is 275 g/mol. The van der Waals surface area contributed by atoms with Crippen molar-refractivity contribution in [3.63, 3.8) is 0 Å². The van der Waals surface area contributed by atoms with E-state index in [9.17, 15) is 13.5 Å². The van der Waals surface area contributed by atoms with Gasteiger partial charge in [0.25, 0.3) is 0 Å². The monoisotopic (exact) mass is 275 g/mol. The van der Waals surface area contributed by atoms with Crippen molar-refractivity contribution in [2.75, 3.05) is 31.1 Å². The van der Waals surface area contributed by atoms with Crippen molar-refractivity contribution in [2.45, 2.75) is 39.2 Å². The summed E-state index contributed by atoms with van der Waals surface area (Å²) in [6.45, 7) is 6.37. The molecule has 2 rings (SSSR count). The Balaban J connectivity index is 1.90. The molecule has 2 aliphatic rings. The van der Waals surface area contributed by atoms with E-state index in [2.05, 4.69) is 18.7 Å². The Kier molecular flexibility index (Phi) is 4.04. The summed E-state index contributed by atoms with van der Waals surface area (Å²) < 4.78 is 22.8. The number of sulfone groups is 1. The van der Waals surface area contributed by atoms with E-state index in [0.29, 0.717) is 19.0 Å². The zero-order valence-electron chi connectivity index (χ0n) is 11.4. The van der Waals surface area contributed by atoms with Crippen molar-refractivity contribution in [1.29, 1.82) is 0 Å². The largest absolute Gasteiger partial charge is 0.392 e. The molecule has 1 heterocycles. The molecule has 2 atom stereocenters. The van der Waals surface area contributed by atoms with Crippen LogP contribution in [0.4, 0.5) is 0 Å². The van der Waals surface area contributed by atoms with Crippen LogP contribution in [0.2, 0.25) is 0 Å². The highest BCUT2D eigenvalue weighted by molar-refractivity contribution is 7.91. The van der Waals surface area contributed by atoms with Crippen LogP contribution < -0.4 is 0 Å². The fourth-order valence-corrected chi connectivity index (χ4v) is 4.50. The highest BCUT2D eigenvalue weighted by Crippen LogP contribution is 2.39. The predicted octanol–water partition coefficient (Wildman–Crippen LogP) is 0.904. The van der Waals surface area contributed by atoms with Gasteiger partial charge in [0.15, 0.2) is 9.84 Å². The molecule has 2 unspecified atom stereocenters. The molecule has 4 nitrogen and oxygen atoms in total. The van der Waals surface area contributed by atoms with Gasteiger partial charge >= 0.3 is 0 Å². The Labute approximate surface area is 110 Å². The number of rotatable bonds is 2. The molecule has 0 bridgehead atoms. The maximum Gasteiger partial charge on any atom is 0.152 e. The first kappa shape index (κ1) is 14.3. The quantitative estimate of drug-likeness (QED) is 0.813. The summed E-state index contributed by atoms with van der Waals surface area (Å²) in [5.74, 6) is 0.854. The van der Waals surface area contributed by atoms with Gasteiger partial charge in [-0.25, -0.2) is 8.42 Å². The third-order valence-electron chi connectivity index (χ3n) is 4.57. The van der Waals surface area contributed by atoms with Crippen molar-refractivity contribution >= 4 is 9.84 Å². The Morgan fingerprint density at radius 1 is 1.28 bits per heavy atom. The lowest BCUT2D eigenvalue weighted by Crippen LogP contribution is -2.48. The molecule has 106 valence electrons. The third kappa shape index (κ3) is 3.25. The first-order valence-electron chi connectivity index (χ1n) is 6.91. The summed E-state index contributed by atoms with van der Waals surface area (Å²) in [4.78, 5) is 2.20. The fourth-order valence-electron chi connectivity index (χ4n) is 3.22. The van der Waals surface area contributed by atoms with Gasteiger partial charge in [-0.05, 0) is 24.2 Å². The molecule has 0 radical (unpaired) electrons. The van der Waals surface area contributed by atoms with Gasteiger partial charge in [-0.3, -0.25) is 0 Å². The molecule has 1 N–H and O–H groups in total. The molecule has 0 aromatic carbocycles. The Hall–Kier alpha value is -0.130. The normalized spacial score (nSPS) is 36.4. The zero-order valence-corrected chi connectivity index (χ0v) is 12.2. The van der Waals surface area contributed by atoms with Gasteiger partial charge in [-0.2, -0.15) is 0 Å². The van der Waals surface area contributed by atoms with Crippen molar-refractivity contribution < 1.29 is 13.5 Å². The van der Waals surface area contributed by atoms with Crippen LogP contribution in [0.3, 0.4) is 0 Å². The lowest BCUT2D eigenvalue weighted by molar-refractivity contribution is -0.0422. The van der Waals surface area contributed by atoms with Crippen LogP contribution >= 0.6 is 0 Å². The summed E-state index contributed by atoms with van der Waals surface area (Å²) in [5.41, 5.74) is 0.00474. The maximum absolute atomic E-state index is 11.4. The minimum Gasteiger partial charge on any atom is -0.392 e. The van der Waals surface area contributed by atoms with Gasteiger partial charge < -0.3 is 10.0 Å². The highest BCUT2D eigenvalue weighted by atomic mass is 32.2. The Morgan fingerprint density at radius 3 is 2.50 bits per heavy atom. The second-order valence-electron chi connectivity index (χ2n) is 6.54. The van der Waals surface area contributed by atoms with E-state index in [-0.39, 0.29) is 23.0 Å². The maximum atomic E-state index is 11.4. The highest BCUT2D eigenvalue weighted by Gasteiger charge is 2.38. The molecule has 5 heteroatoms. The molecule has 1 saturated heterocycles. The van der Waals surface area contributed by atoms with Gasteiger partial charge in [0.05, 0.1) is 17.6 Å². The van der Waals surface area contributed by atoms with Crippen LogP contribution in [0.15, 0.2) is 0 Å². The van der Waals surface area contributed by atoms with Gasteiger partial charge in [-0.1, -0.05) is 20.3 Å². The smallest absolute Gasteiger partial charge is 0.152 e. The number of hydrogen-bond acceptors (Lipinski definition) is 4. The third-order valence-corrected chi connectivity index (χ3v) is 6.18. The summed E-state index contributed by atoms with van der Waals surface area (Å²) in [7, 11) is -2.80. The topological polar surface area (TPSA) is 57.6 Å². The van der Waals surface area contributed by atoms with Crippen molar-refractivity contribution in [3.8, 4) is 0 Å². The Bertz CT molecular complexity index is 377. The average Bonchev–Trinajstić information content (AvgIpc) is 2.27. The second kappa shape index (κ2) is 5.10. The molecule has 0 aromatic heterocycles. The number of hydrogen-bond donors (Lipinski definition) is 1. The molecule has 1 aliphatic carbocycles. The Morgan fingerprint density at radius 2 is 1.89 bits per heavy atom. The number of nitrogens with zero attached hydrogens (tertiary/aromatic N) is 1. The molecule has 0 aromatic rings. The molecule has 1 saturated carbocycles. The molecule has 0 spiro atoms. The second-order valence-corrected chi connectivity index (χ2v) is 8.84. The van der Waals surface area contributed by atoms with Crippen LogP contribution in [0, 0.1) is 11.3 Å². The van der Waals surface area contributed by atoms with Crippen LogP contribution in [0.25, 0.3) is 0 Å². The van der Waals surface area contributed by atoms with E-state index in [1.54, 1.807) is 0 Å². The number of aliphatic hydroxyl groups is 1. The first-order chi connectivity index (χ1) is 8.30. The molecule has 2 fully saturated rings. The zero-order chi connectivity index (χ0) is 13.4. The lowest BCUT2D eigenvalue weighted by atomic mass is 9.69. The summed E-state index contributed by atoms with van der Waals surface area (Å²) in [6.07, 6.45) is 3.05. The van der Waals surface area contributed by atoms with Crippen LogP contribution in [-0.2, 0) is 9.84 Å². The van der Waals surface area contributed by atoms with E-state index >= 15 is 0 Å². The lowest BCUT2D eigenvalue weighted by Gasteiger charge is -2.43. The van der Waals surface area contributed by atoms with Crippen LogP contribution in [0.5, 0.6) is 0 Å². The summed E-state index contributed by atoms with van der Waals surface area (Å²) in [6, 6.07) is 0. The van der Waals surface area contributed by atoms with Gasteiger partial charge in [-0.15, -0.1) is 0 Å². The minimum atomic E-state index is -2.80. The molecule has 18 heavy (non-hydrogen) atoms. The van der Waals surface area contributed by atoms with Crippen LogP contribution in [0.1, 0.15) is 33.1 Å². The summed E-state index contributed by atoms with van der Waals surface area (Å²) >= 11 is 0. The van der Waals surface area contributed by atoms with Gasteiger partial charge in [0.2, 0.25) is 0 Å². The van der Waals surface area contributed by atoms with Crippen molar-refractivity contribution in [2.24, 2.45) is 11.3 Å². The van der Waals surface area contributed by atoms with E-state index in [4.69, 9.17) is 0 Å². The van der Waals surface area contributed by atoms with Crippen molar-refractivity contribution in [1.82, 2.24) is 4.90 Å². The fraction of sp³-hybridized carbons (Fsp3) is 1.00. The van der Waals surface area contributed by atoms with Crippen LogP contribution in [-0.4, -0.2) is 55.7 Å². The first-order valence-corrected chi connectivity index (χ1v) is 8.73. The van der Waals surface area contributed by atoms with E-state index in [0.717, 1.165) is 19.4 Å². The SMILES string of the molecule is CC1(C)CCCC(CN2CCS(=O)(=O)CC2)C1O. The van der Waals surface area contributed by atoms with Gasteiger partial charge in [0.1, 0.15) is 0 Å².